The molecule has 0 radical (unpaired) electrons. The van der Waals surface area contributed by atoms with Crippen molar-refractivity contribution in [3.8, 4) is 0 Å². The third-order valence-corrected chi connectivity index (χ3v) is 4.61. The zero-order valence-corrected chi connectivity index (χ0v) is 15.8. The molecule has 23 heavy (non-hydrogen) atoms. The van der Waals surface area contributed by atoms with Crippen LogP contribution in [-0.4, -0.2) is 42.6 Å². The van der Waals surface area contributed by atoms with E-state index in [1.807, 2.05) is 24.3 Å². The third kappa shape index (κ3) is 3.97. The van der Waals surface area contributed by atoms with Crippen molar-refractivity contribution in [2.24, 2.45) is 0 Å². The van der Waals surface area contributed by atoms with E-state index < -0.39 is 0 Å². The van der Waals surface area contributed by atoms with Gasteiger partial charge in [-0.15, -0.1) is 0 Å². The first-order valence-electron chi connectivity index (χ1n) is 7.56. The highest BCUT2D eigenvalue weighted by molar-refractivity contribution is 6.30. The lowest BCUT2D eigenvalue weighted by Crippen LogP contribution is -3.04. The van der Waals surface area contributed by atoms with Gasteiger partial charge in [0.15, 0.2) is 6.67 Å². The number of piperidine rings is 1. The maximum absolute atomic E-state index is 14.2. The van der Waals surface area contributed by atoms with Gasteiger partial charge in [-0.1, -0.05) is 23.7 Å². The van der Waals surface area contributed by atoms with Crippen molar-refractivity contribution in [1.82, 2.24) is 9.80 Å². The summed E-state index contributed by atoms with van der Waals surface area (Å²) in [7, 11) is 2.00. The molecule has 4 nitrogen and oxygen atoms in total. The minimum Gasteiger partial charge on any atom is -1.00 e. The lowest BCUT2D eigenvalue weighted by Gasteiger charge is -2.34. The molecule has 3 rings (SSSR count). The van der Waals surface area contributed by atoms with Gasteiger partial charge in [0, 0.05) is 19.0 Å². The van der Waals surface area contributed by atoms with Crippen molar-refractivity contribution >= 4 is 17.6 Å². The van der Waals surface area contributed by atoms with E-state index in [1.165, 1.54) is 4.90 Å². The minimum absolute atomic E-state index is 0. The zero-order chi connectivity index (χ0) is 15.7. The first-order chi connectivity index (χ1) is 10.6. The molecule has 7 heteroatoms. The fourth-order valence-corrected chi connectivity index (χ4v) is 3.33. The van der Waals surface area contributed by atoms with Gasteiger partial charge in [-0.25, -0.2) is 14.1 Å². The van der Waals surface area contributed by atoms with Crippen LogP contribution in [0.15, 0.2) is 30.6 Å². The number of rotatable bonds is 1. The Morgan fingerprint density at radius 3 is 2.91 bits per heavy atom. The fraction of sp³-hybridized carbons (Fsp3) is 0.438. The minimum atomic E-state index is -0.353. The van der Waals surface area contributed by atoms with E-state index in [0.29, 0.717) is 18.8 Å². The molecular formula is C16H20ClFIN3O. The van der Waals surface area contributed by atoms with Crippen molar-refractivity contribution in [2.75, 3.05) is 26.8 Å². The van der Waals surface area contributed by atoms with Crippen molar-refractivity contribution in [3.63, 3.8) is 0 Å². The van der Waals surface area contributed by atoms with Gasteiger partial charge in [-0.05, 0) is 24.5 Å². The molecule has 0 bridgehead atoms. The summed E-state index contributed by atoms with van der Waals surface area (Å²) >= 11 is 5.88. The molecule has 2 heterocycles. The number of carbonyl (C=O) groups is 1. The van der Waals surface area contributed by atoms with Gasteiger partial charge < -0.3 is 28.9 Å². The maximum atomic E-state index is 14.2. The van der Waals surface area contributed by atoms with Crippen molar-refractivity contribution in [3.05, 3.63) is 47.0 Å². The Kier molecular flexibility index (Phi) is 6.27. The molecule has 2 aliphatic rings. The topological polar surface area (TPSA) is 28.0 Å². The Hall–Kier alpha value is -0.860. The number of nitrogens with zero attached hydrogens (tertiary/aromatic N) is 2. The second kappa shape index (κ2) is 7.81. The number of hydrogen-bond donors (Lipinski definition) is 1. The van der Waals surface area contributed by atoms with Crippen LogP contribution < -0.4 is 28.9 Å². The quantitative estimate of drug-likeness (QED) is 0.548. The van der Waals surface area contributed by atoms with Crippen LogP contribution in [0.4, 0.5) is 9.18 Å². The second-order valence-corrected chi connectivity index (χ2v) is 6.41. The fourth-order valence-electron chi connectivity index (χ4n) is 3.14. The van der Waals surface area contributed by atoms with Gasteiger partial charge >= 0.3 is 6.03 Å². The highest BCUT2D eigenvalue weighted by atomic mass is 127. The monoisotopic (exact) mass is 451 g/mol. The van der Waals surface area contributed by atoms with Gasteiger partial charge in [0.2, 0.25) is 0 Å². The first-order valence-corrected chi connectivity index (χ1v) is 7.94. The van der Waals surface area contributed by atoms with E-state index in [4.69, 9.17) is 11.6 Å². The molecule has 1 aromatic rings. The Morgan fingerprint density at radius 2 is 2.22 bits per heavy atom. The highest BCUT2D eigenvalue weighted by Crippen LogP contribution is 2.31. The van der Waals surface area contributed by atoms with Gasteiger partial charge in [-0.2, -0.15) is 0 Å². The Labute approximate surface area is 157 Å². The van der Waals surface area contributed by atoms with Gasteiger partial charge in [0.1, 0.15) is 12.0 Å². The average molecular weight is 452 g/mol. The van der Waals surface area contributed by atoms with Crippen LogP contribution in [0.2, 0.25) is 5.02 Å². The largest absolute Gasteiger partial charge is 1.00 e. The summed E-state index contributed by atoms with van der Waals surface area (Å²) in [6, 6.07) is 5.09. The lowest BCUT2D eigenvalue weighted by molar-refractivity contribution is -0.825. The predicted molar refractivity (Wildman–Crippen MR) is 83.1 cm³/mol. The number of nitrogens with one attached hydrogen (secondary N) is 1. The molecule has 126 valence electrons. The normalized spacial score (nSPS) is 23.8. The molecule has 0 aromatic heterocycles. The third-order valence-electron chi connectivity index (χ3n) is 4.32. The van der Waals surface area contributed by atoms with Crippen LogP contribution in [0.25, 0.3) is 0 Å². The van der Waals surface area contributed by atoms with Gasteiger partial charge in [0.05, 0.1) is 18.3 Å². The molecule has 0 aliphatic carbocycles. The SMILES string of the molecule is C[NH+]1C=CN(C(=O)N2CCCC(c3cccc(Cl)c3F)C2)C1.[I-]. The predicted octanol–water partition coefficient (Wildman–Crippen LogP) is -0.958. The van der Waals surface area contributed by atoms with Crippen LogP contribution in [0.5, 0.6) is 0 Å². The second-order valence-electron chi connectivity index (χ2n) is 6.00. The molecule has 0 spiro atoms. The molecular weight excluding hydrogens is 432 g/mol. The molecule has 0 saturated carbocycles. The number of benzene rings is 1. The van der Waals surface area contributed by atoms with Gasteiger partial charge in [-0.3, -0.25) is 4.90 Å². The number of halogens is 3. The molecule has 1 fully saturated rings. The van der Waals surface area contributed by atoms with Crippen molar-refractivity contribution in [2.45, 2.75) is 18.8 Å². The van der Waals surface area contributed by atoms with Crippen molar-refractivity contribution < 1.29 is 38.1 Å². The molecule has 2 atom stereocenters. The number of carbonyl (C=O) groups excluding carboxylic acids is 1. The number of urea groups is 1. The summed E-state index contributed by atoms with van der Waals surface area (Å²) in [5.41, 5.74) is 0.615. The molecule has 1 aromatic carbocycles. The maximum Gasteiger partial charge on any atom is 0.328 e. The summed E-state index contributed by atoms with van der Waals surface area (Å²) < 4.78 is 14.2. The number of hydrogen-bond acceptors (Lipinski definition) is 1. The molecule has 2 aliphatic heterocycles. The van der Waals surface area contributed by atoms with Gasteiger partial charge in [0.25, 0.3) is 0 Å². The smallest absolute Gasteiger partial charge is 0.328 e. The van der Waals surface area contributed by atoms with Crippen LogP contribution in [0.1, 0.15) is 24.3 Å². The summed E-state index contributed by atoms with van der Waals surface area (Å²) in [6.45, 7) is 1.91. The standard InChI is InChI=1S/C16H19ClFN3O.HI/c1-19-8-9-21(11-19)16(22)20-7-3-4-12(10-20)13-5-2-6-14(17)15(13)18;/h2,5-6,8-9,12H,3-4,7,10-11H2,1H3;1H. The number of likely N-dealkylation sites (tertiary alicyclic amines) is 1. The molecule has 1 N–H and O–H groups in total. The van der Waals surface area contributed by atoms with E-state index in [-0.39, 0.29) is 46.8 Å². The van der Waals surface area contributed by atoms with E-state index in [2.05, 4.69) is 0 Å². The summed E-state index contributed by atoms with van der Waals surface area (Å²) in [6.07, 6.45) is 5.53. The summed E-state index contributed by atoms with van der Waals surface area (Å²) in [5, 5.41) is 0.147. The zero-order valence-electron chi connectivity index (χ0n) is 12.9. The summed E-state index contributed by atoms with van der Waals surface area (Å²) in [4.78, 5) is 17.2. The van der Waals surface area contributed by atoms with E-state index in [1.54, 1.807) is 23.1 Å². The Bertz CT molecular complexity index is 613. The molecule has 2 unspecified atom stereocenters. The van der Waals surface area contributed by atoms with Crippen LogP contribution in [-0.2, 0) is 0 Å². The Morgan fingerprint density at radius 1 is 1.43 bits per heavy atom. The van der Waals surface area contributed by atoms with E-state index >= 15 is 0 Å². The molecule has 2 amide bonds. The van der Waals surface area contributed by atoms with Crippen LogP contribution in [0, 0.1) is 5.82 Å². The summed E-state index contributed by atoms with van der Waals surface area (Å²) in [5.74, 6) is -0.346. The number of quaternary nitrogens is 1. The van der Waals surface area contributed by atoms with E-state index in [0.717, 1.165) is 19.4 Å². The highest BCUT2D eigenvalue weighted by Gasteiger charge is 2.31. The number of amides is 2. The van der Waals surface area contributed by atoms with Crippen LogP contribution in [0.3, 0.4) is 0 Å². The Balaban J connectivity index is 0.00000192. The average Bonchev–Trinajstić information content (AvgIpc) is 2.96. The first kappa shape index (κ1) is 18.5. The van der Waals surface area contributed by atoms with Crippen LogP contribution >= 0.6 is 11.6 Å². The molecule has 1 saturated heterocycles. The van der Waals surface area contributed by atoms with Crippen molar-refractivity contribution in [1.29, 1.82) is 0 Å². The van der Waals surface area contributed by atoms with E-state index in [9.17, 15) is 9.18 Å². The lowest BCUT2D eigenvalue weighted by atomic mass is 9.90.